The van der Waals surface area contributed by atoms with Crippen LogP contribution in [0.2, 0.25) is 0 Å². The van der Waals surface area contributed by atoms with Crippen LogP contribution < -0.4 is 0 Å². The average molecular weight is 231 g/mol. The van der Waals surface area contributed by atoms with Crippen LogP contribution in [0.25, 0.3) is 0 Å². The number of rotatable bonds is 3. The molecule has 1 aliphatic heterocycles. The van der Waals surface area contributed by atoms with E-state index in [1.54, 1.807) is 6.92 Å². The van der Waals surface area contributed by atoms with E-state index in [4.69, 9.17) is 9.47 Å². The van der Waals surface area contributed by atoms with Crippen LogP contribution in [0.3, 0.4) is 0 Å². The SMILES string of the molecule is COCO[C@H]1CCC(=O)N(C(=O)OC)[C@H]1C. The molecule has 0 aromatic carbocycles. The number of hydrogen-bond donors (Lipinski definition) is 0. The molecule has 0 N–H and O–H groups in total. The molecule has 16 heavy (non-hydrogen) atoms. The molecule has 0 spiro atoms. The Morgan fingerprint density at radius 2 is 2.19 bits per heavy atom. The van der Waals surface area contributed by atoms with Crippen LogP contribution in [0.15, 0.2) is 0 Å². The lowest BCUT2D eigenvalue weighted by atomic mass is 10.00. The van der Waals surface area contributed by atoms with Gasteiger partial charge in [-0.2, -0.15) is 0 Å². The highest BCUT2D eigenvalue weighted by molar-refractivity contribution is 5.93. The molecule has 6 heteroatoms. The van der Waals surface area contributed by atoms with Gasteiger partial charge in [0.2, 0.25) is 5.91 Å². The first-order valence-electron chi connectivity index (χ1n) is 5.12. The highest BCUT2D eigenvalue weighted by atomic mass is 16.7. The largest absolute Gasteiger partial charge is 0.452 e. The molecule has 92 valence electrons. The second kappa shape index (κ2) is 5.81. The molecule has 1 saturated heterocycles. The minimum atomic E-state index is -0.636. The number of hydrogen-bond acceptors (Lipinski definition) is 5. The summed E-state index contributed by atoms with van der Waals surface area (Å²) in [5.41, 5.74) is 0. The van der Waals surface area contributed by atoms with Gasteiger partial charge in [0.25, 0.3) is 0 Å². The summed E-state index contributed by atoms with van der Waals surface area (Å²) in [6.07, 6.45) is 0.0463. The summed E-state index contributed by atoms with van der Waals surface area (Å²) in [4.78, 5) is 24.1. The molecule has 2 amide bonds. The van der Waals surface area contributed by atoms with E-state index in [1.807, 2.05) is 0 Å². The first kappa shape index (κ1) is 12.9. The van der Waals surface area contributed by atoms with Crippen molar-refractivity contribution in [3.05, 3.63) is 0 Å². The summed E-state index contributed by atoms with van der Waals surface area (Å²) >= 11 is 0. The standard InChI is InChI=1S/C10H17NO5/c1-7-8(16-6-14-2)4-5-9(12)11(7)10(13)15-3/h7-8H,4-6H2,1-3H3/t7-,8-/m0/s1. The lowest BCUT2D eigenvalue weighted by Crippen LogP contribution is -2.53. The fourth-order valence-electron chi connectivity index (χ4n) is 1.77. The van der Waals surface area contributed by atoms with E-state index in [9.17, 15) is 9.59 Å². The van der Waals surface area contributed by atoms with Crippen molar-refractivity contribution >= 4 is 12.0 Å². The third-order valence-electron chi connectivity index (χ3n) is 2.63. The van der Waals surface area contributed by atoms with Crippen molar-refractivity contribution in [2.24, 2.45) is 0 Å². The van der Waals surface area contributed by atoms with Gasteiger partial charge in [-0.05, 0) is 13.3 Å². The van der Waals surface area contributed by atoms with Gasteiger partial charge in [0, 0.05) is 13.5 Å². The number of imide groups is 1. The molecule has 0 saturated carbocycles. The molecule has 0 aliphatic carbocycles. The molecular formula is C10H17NO5. The van der Waals surface area contributed by atoms with Gasteiger partial charge in [0.15, 0.2) is 0 Å². The van der Waals surface area contributed by atoms with Crippen LogP contribution in [0, 0.1) is 0 Å². The fourth-order valence-corrected chi connectivity index (χ4v) is 1.77. The smallest absolute Gasteiger partial charge is 0.416 e. The molecule has 1 aliphatic rings. The zero-order chi connectivity index (χ0) is 12.1. The monoisotopic (exact) mass is 231 g/mol. The molecule has 1 rings (SSSR count). The predicted molar refractivity (Wildman–Crippen MR) is 54.7 cm³/mol. The topological polar surface area (TPSA) is 65.1 Å². The van der Waals surface area contributed by atoms with Crippen molar-refractivity contribution in [1.82, 2.24) is 4.90 Å². The molecule has 0 bridgehead atoms. The van der Waals surface area contributed by atoms with Gasteiger partial charge in [0.1, 0.15) is 6.79 Å². The van der Waals surface area contributed by atoms with Crippen LogP contribution in [0.4, 0.5) is 4.79 Å². The second-order valence-electron chi connectivity index (χ2n) is 3.62. The zero-order valence-corrected chi connectivity index (χ0v) is 9.76. The van der Waals surface area contributed by atoms with Crippen molar-refractivity contribution in [2.75, 3.05) is 21.0 Å². The van der Waals surface area contributed by atoms with Gasteiger partial charge >= 0.3 is 6.09 Å². The molecule has 0 unspecified atom stereocenters. The first-order chi connectivity index (χ1) is 7.61. The number of piperidine rings is 1. The van der Waals surface area contributed by atoms with E-state index in [2.05, 4.69) is 4.74 Å². The Morgan fingerprint density at radius 1 is 1.50 bits per heavy atom. The molecule has 0 aromatic rings. The average Bonchev–Trinajstić information content (AvgIpc) is 2.28. The predicted octanol–water partition coefficient (Wildman–Crippen LogP) is 0.753. The van der Waals surface area contributed by atoms with E-state index in [0.717, 1.165) is 4.90 Å². The van der Waals surface area contributed by atoms with Crippen molar-refractivity contribution < 1.29 is 23.8 Å². The molecular weight excluding hydrogens is 214 g/mol. The molecule has 0 radical (unpaired) electrons. The minimum Gasteiger partial charge on any atom is -0.452 e. The van der Waals surface area contributed by atoms with Gasteiger partial charge in [-0.3, -0.25) is 4.79 Å². The Morgan fingerprint density at radius 3 is 2.75 bits per heavy atom. The summed E-state index contributed by atoms with van der Waals surface area (Å²) in [6.45, 7) is 1.91. The van der Waals surface area contributed by atoms with Gasteiger partial charge in [-0.25, -0.2) is 9.69 Å². The quantitative estimate of drug-likeness (QED) is 0.671. The summed E-state index contributed by atoms with van der Waals surface area (Å²) < 4.78 is 14.8. The first-order valence-corrected chi connectivity index (χ1v) is 5.12. The van der Waals surface area contributed by atoms with E-state index >= 15 is 0 Å². The van der Waals surface area contributed by atoms with Crippen molar-refractivity contribution in [3.8, 4) is 0 Å². The fraction of sp³-hybridized carbons (Fsp3) is 0.800. The van der Waals surface area contributed by atoms with E-state index in [1.165, 1.54) is 14.2 Å². The molecule has 1 heterocycles. The number of methoxy groups -OCH3 is 2. The van der Waals surface area contributed by atoms with E-state index in [-0.39, 0.29) is 31.3 Å². The maximum absolute atomic E-state index is 11.6. The number of likely N-dealkylation sites (tertiary alicyclic amines) is 1. The Kier molecular flexibility index (Phi) is 4.70. The summed E-state index contributed by atoms with van der Waals surface area (Å²) in [6, 6.07) is -0.330. The number of carbonyl (C=O) groups excluding carboxylic acids is 2. The minimum absolute atomic E-state index is 0.151. The third kappa shape index (κ3) is 2.70. The van der Waals surface area contributed by atoms with Gasteiger partial charge < -0.3 is 14.2 Å². The van der Waals surface area contributed by atoms with E-state index in [0.29, 0.717) is 6.42 Å². The van der Waals surface area contributed by atoms with E-state index < -0.39 is 6.09 Å². The second-order valence-corrected chi connectivity index (χ2v) is 3.62. The zero-order valence-electron chi connectivity index (χ0n) is 9.76. The van der Waals surface area contributed by atoms with Crippen molar-refractivity contribution in [1.29, 1.82) is 0 Å². The lowest BCUT2D eigenvalue weighted by molar-refractivity contribution is -0.148. The Hall–Kier alpha value is -1.14. The Bertz CT molecular complexity index is 260. The van der Waals surface area contributed by atoms with Crippen LogP contribution in [-0.4, -0.2) is 50.1 Å². The maximum atomic E-state index is 11.6. The number of ether oxygens (including phenoxy) is 3. The highest BCUT2D eigenvalue weighted by Crippen LogP contribution is 2.22. The van der Waals surface area contributed by atoms with Gasteiger partial charge in [-0.1, -0.05) is 0 Å². The maximum Gasteiger partial charge on any atom is 0.416 e. The van der Waals surface area contributed by atoms with Crippen LogP contribution in [0.1, 0.15) is 19.8 Å². The number of carbonyl (C=O) groups is 2. The van der Waals surface area contributed by atoms with Gasteiger partial charge in [0.05, 0.1) is 19.3 Å². The van der Waals surface area contributed by atoms with Gasteiger partial charge in [-0.15, -0.1) is 0 Å². The lowest BCUT2D eigenvalue weighted by Gasteiger charge is -2.36. The molecule has 0 aromatic heterocycles. The van der Waals surface area contributed by atoms with Crippen molar-refractivity contribution in [2.45, 2.75) is 31.9 Å². The summed E-state index contributed by atoms with van der Waals surface area (Å²) in [7, 11) is 2.78. The molecule has 2 atom stereocenters. The summed E-state index contributed by atoms with van der Waals surface area (Å²) in [5, 5.41) is 0. The number of amides is 2. The van der Waals surface area contributed by atoms with Crippen LogP contribution in [0.5, 0.6) is 0 Å². The van der Waals surface area contributed by atoms with Crippen LogP contribution >= 0.6 is 0 Å². The normalized spacial score (nSPS) is 25.7. The third-order valence-corrected chi connectivity index (χ3v) is 2.63. The van der Waals surface area contributed by atoms with Crippen molar-refractivity contribution in [3.63, 3.8) is 0 Å². The Balaban J connectivity index is 2.66. The molecule has 1 fully saturated rings. The van der Waals surface area contributed by atoms with Crippen LogP contribution in [-0.2, 0) is 19.0 Å². The Labute approximate surface area is 94.4 Å². The molecule has 6 nitrogen and oxygen atoms in total. The highest BCUT2D eigenvalue weighted by Gasteiger charge is 2.37. The number of nitrogens with zero attached hydrogens (tertiary/aromatic N) is 1. The summed E-state index contributed by atoms with van der Waals surface area (Å²) in [5.74, 6) is -0.225.